The van der Waals surface area contributed by atoms with Gasteiger partial charge in [0.1, 0.15) is 0 Å². The second kappa shape index (κ2) is 3.27. The summed E-state index contributed by atoms with van der Waals surface area (Å²) >= 11 is 0. The molecule has 0 unspecified atom stereocenters. The van der Waals surface area contributed by atoms with Crippen LogP contribution in [0.5, 0.6) is 0 Å². The lowest BCUT2D eigenvalue weighted by atomic mass is 10.1. The second-order valence-corrected chi connectivity index (χ2v) is 6.56. The largest absolute Gasteiger partial charge is 0.324 e. The Morgan fingerprint density at radius 3 is 2.85 bits per heavy atom. The van der Waals surface area contributed by atoms with E-state index in [4.69, 9.17) is 5.73 Å². The number of rotatable bonds is 1. The standard InChI is InChI=1S/C11H16NSi/c1-13(2)11-5-3-4-8-9(11)6-7-10(8)12/h3-5,10H,6-7,12H2,1-2H3/t10-/m1/s1. The zero-order valence-corrected chi connectivity index (χ0v) is 9.30. The normalized spacial score (nSPS) is 20.8. The summed E-state index contributed by atoms with van der Waals surface area (Å²) in [7, 11) is -0.315. The summed E-state index contributed by atoms with van der Waals surface area (Å²) in [4.78, 5) is 0. The fourth-order valence-corrected chi connectivity index (χ4v) is 3.46. The molecule has 1 aromatic carbocycles. The predicted octanol–water partition coefficient (Wildman–Crippen LogP) is 1.59. The Kier molecular flexibility index (Phi) is 2.26. The summed E-state index contributed by atoms with van der Waals surface area (Å²) < 4.78 is 0. The monoisotopic (exact) mass is 190 g/mol. The summed E-state index contributed by atoms with van der Waals surface area (Å²) in [6.07, 6.45) is 2.34. The molecule has 0 saturated carbocycles. The average molecular weight is 190 g/mol. The molecule has 1 aromatic rings. The van der Waals surface area contributed by atoms with Gasteiger partial charge in [0, 0.05) is 6.04 Å². The molecule has 0 fully saturated rings. The van der Waals surface area contributed by atoms with Crippen LogP contribution in [0.1, 0.15) is 23.6 Å². The summed E-state index contributed by atoms with van der Waals surface area (Å²) in [5.41, 5.74) is 9.00. The Morgan fingerprint density at radius 1 is 1.38 bits per heavy atom. The van der Waals surface area contributed by atoms with Gasteiger partial charge in [-0.1, -0.05) is 36.5 Å². The van der Waals surface area contributed by atoms with Crippen molar-refractivity contribution in [2.75, 3.05) is 0 Å². The van der Waals surface area contributed by atoms with Gasteiger partial charge in [0.05, 0.1) is 8.80 Å². The molecule has 13 heavy (non-hydrogen) atoms. The molecule has 0 aromatic heterocycles. The predicted molar refractivity (Wildman–Crippen MR) is 58.8 cm³/mol. The first-order valence-electron chi connectivity index (χ1n) is 4.88. The van der Waals surface area contributed by atoms with Crippen molar-refractivity contribution < 1.29 is 0 Å². The number of fused-ring (bicyclic) bond motifs is 1. The van der Waals surface area contributed by atoms with Crippen molar-refractivity contribution in [1.82, 2.24) is 0 Å². The van der Waals surface area contributed by atoms with Gasteiger partial charge in [-0.2, -0.15) is 0 Å². The van der Waals surface area contributed by atoms with E-state index in [0.717, 1.165) is 6.42 Å². The van der Waals surface area contributed by atoms with Crippen LogP contribution < -0.4 is 10.9 Å². The SMILES string of the molecule is C[Si](C)c1cccc2c1CC[C@H]2N. The fraction of sp³-hybridized carbons (Fsp3) is 0.455. The Balaban J connectivity index is 2.51. The van der Waals surface area contributed by atoms with E-state index < -0.39 is 0 Å². The molecule has 1 radical (unpaired) electrons. The van der Waals surface area contributed by atoms with E-state index in [1.54, 1.807) is 10.8 Å². The minimum absolute atomic E-state index is 0.302. The molecule has 0 bridgehead atoms. The molecule has 0 aliphatic heterocycles. The smallest absolute Gasteiger partial charge is 0.0795 e. The minimum Gasteiger partial charge on any atom is -0.324 e. The number of benzene rings is 1. The molecular formula is C11H16NSi. The topological polar surface area (TPSA) is 26.0 Å². The Morgan fingerprint density at radius 2 is 2.15 bits per heavy atom. The van der Waals surface area contributed by atoms with Crippen molar-refractivity contribution >= 4 is 14.0 Å². The van der Waals surface area contributed by atoms with Crippen LogP contribution in [0, 0.1) is 0 Å². The highest BCUT2D eigenvalue weighted by molar-refractivity contribution is 6.71. The summed E-state index contributed by atoms with van der Waals surface area (Å²) in [5, 5.41) is 1.59. The molecule has 1 nitrogen and oxygen atoms in total. The molecule has 69 valence electrons. The van der Waals surface area contributed by atoms with Crippen LogP contribution in [0.2, 0.25) is 13.1 Å². The lowest BCUT2D eigenvalue weighted by Crippen LogP contribution is -2.26. The molecule has 0 spiro atoms. The first-order chi connectivity index (χ1) is 6.20. The number of hydrogen-bond acceptors (Lipinski definition) is 1. The third-order valence-corrected chi connectivity index (χ3v) is 4.40. The maximum atomic E-state index is 6.03. The van der Waals surface area contributed by atoms with Gasteiger partial charge in [-0.3, -0.25) is 0 Å². The molecule has 0 amide bonds. The Bertz CT molecular complexity index is 320. The van der Waals surface area contributed by atoms with E-state index in [0.29, 0.717) is 6.04 Å². The van der Waals surface area contributed by atoms with Crippen LogP contribution in [0.15, 0.2) is 18.2 Å². The molecule has 0 heterocycles. The quantitative estimate of drug-likeness (QED) is 0.669. The van der Waals surface area contributed by atoms with Gasteiger partial charge >= 0.3 is 0 Å². The van der Waals surface area contributed by atoms with Crippen molar-refractivity contribution in [3.63, 3.8) is 0 Å². The van der Waals surface area contributed by atoms with E-state index >= 15 is 0 Å². The first kappa shape index (κ1) is 8.97. The lowest BCUT2D eigenvalue weighted by molar-refractivity contribution is 0.713. The molecule has 1 aliphatic rings. The lowest BCUT2D eigenvalue weighted by Gasteiger charge is -2.11. The molecule has 1 atom stereocenters. The summed E-state index contributed by atoms with van der Waals surface area (Å²) in [5.74, 6) is 0. The van der Waals surface area contributed by atoms with Crippen LogP contribution in [-0.2, 0) is 6.42 Å². The van der Waals surface area contributed by atoms with Crippen molar-refractivity contribution in [2.24, 2.45) is 5.73 Å². The zero-order valence-electron chi connectivity index (χ0n) is 8.30. The highest BCUT2D eigenvalue weighted by Gasteiger charge is 2.22. The third kappa shape index (κ3) is 1.44. The maximum Gasteiger partial charge on any atom is 0.0795 e. The summed E-state index contributed by atoms with van der Waals surface area (Å²) in [6.45, 7) is 4.70. The maximum absolute atomic E-state index is 6.03. The molecule has 2 N–H and O–H groups in total. The van der Waals surface area contributed by atoms with E-state index in [-0.39, 0.29) is 8.80 Å². The Labute approximate surface area is 81.6 Å². The molecule has 0 saturated heterocycles. The molecule has 2 heteroatoms. The van der Waals surface area contributed by atoms with Crippen LogP contribution in [-0.4, -0.2) is 8.80 Å². The number of hydrogen-bond donors (Lipinski definition) is 1. The van der Waals surface area contributed by atoms with Crippen LogP contribution >= 0.6 is 0 Å². The van der Waals surface area contributed by atoms with Gasteiger partial charge in [0.15, 0.2) is 0 Å². The van der Waals surface area contributed by atoms with E-state index in [2.05, 4.69) is 31.3 Å². The average Bonchev–Trinajstić information content (AvgIpc) is 2.48. The van der Waals surface area contributed by atoms with Gasteiger partial charge in [-0.05, 0) is 24.0 Å². The van der Waals surface area contributed by atoms with Crippen LogP contribution in [0.25, 0.3) is 0 Å². The van der Waals surface area contributed by atoms with Gasteiger partial charge < -0.3 is 5.73 Å². The molecule has 1 aliphatic carbocycles. The highest BCUT2D eigenvalue weighted by atomic mass is 28.3. The highest BCUT2D eigenvalue weighted by Crippen LogP contribution is 2.27. The van der Waals surface area contributed by atoms with E-state index in [1.165, 1.54) is 12.0 Å². The van der Waals surface area contributed by atoms with E-state index in [9.17, 15) is 0 Å². The second-order valence-electron chi connectivity index (χ2n) is 4.02. The fourth-order valence-electron chi connectivity index (χ4n) is 2.15. The van der Waals surface area contributed by atoms with Crippen LogP contribution in [0.3, 0.4) is 0 Å². The summed E-state index contributed by atoms with van der Waals surface area (Å²) in [6, 6.07) is 6.94. The molecule has 2 rings (SSSR count). The van der Waals surface area contributed by atoms with Gasteiger partial charge in [0.2, 0.25) is 0 Å². The van der Waals surface area contributed by atoms with Crippen molar-refractivity contribution in [1.29, 1.82) is 0 Å². The van der Waals surface area contributed by atoms with Crippen molar-refractivity contribution in [2.45, 2.75) is 32.0 Å². The van der Waals surface area contributed by atoms with Crippen molar-refractivity contribution in [3.8, 4) is 0 Å². The van der Waals surface area contributed by atoms with E-state index in [1.807, 2.05) is 0 Å². The minimum atomic E-state index is -0.315. The third-order valence-electron chi connectivity index (χ3n) is 2.86. The number of nitrogens with two attached hydrogens (primary N) is 1. The van der Waals surface area contributed by atoms with Crippen LogP contribution in [0.4, 0.5) is 0 Å². The van der Waals surface area contributed by atoms with Gasteiger partial charge in [-0.15, -0.1) is 0 Å². The molecular weight excluding hydrogens is 174 g/mol. The van der Waals surface area contributed by atoms with Crippen molar-refractivity contribution in [3.05, 3.63) is 29.3 Å². The zero-order chi connectivity index (χ0) is 9.42. The van der Waals surface area contributed by atoms with Gasteiger partial charge in [0.25, 0.3) is 0 Å². The first-order valence-corrected chi connectivity index (χ1v) is 7.38. The Hall–Kier alpha value is -0.603. The van der Waals surface area contributed by atoms with Gasteiger partial charge in [-0.25, -0.2) is 0 Å².